The van der Waals surface area contributed by atoms with Crippen molar-refractivity contribution in [3.05, 3.63) is 35.4 Å². The fraction of sp³-hybridized carbons (Fsp3) is 0.692. The lowest BCUT2D eigenvalue weighted by molar-refractivity contribution is -0.122. The first-order valence-corrected chi connectivity index (χ1v) is 12.5. The van der Waals surface area contributed by atoms with Gasteiger partial charge in [0.05, 0.1) is 0 Å². The Labute approximate surface area is 199 Å². The van der Waals surface area contributed by atoms with Crippen LogP contribution in [0.4, 0.5) is 4.79 Å². The minimum absolute atomic E-state index is 0.0867. The van der Waals surface area contributed by atoms with Crippen LogP contribution >= 0.6 is 0 Å². The average Bonchev–Trinajstić information content (AvgIpc) is 2.78. The Kier molecular flexibility index (Phi) is 9.15. The number of carbonyl (C=O) groups excluding carboxylic acids is 2. The number of carbonyl (C=O) groups is 2. The summed E-state index contributed by atoms with van der Waals surface area (Å²) in [7, 11) is 0. The molecule has 3 rings (SSSR count). The summed E-state index contributed by atoms with van der Waals surface area (Å²) in [5.74, 6) is 0.405. The Hall–Kier alpha value is -2.12. The van der Waals surface area contributed by atoms with E-state index >= 15 is 0 Å². The molecule has 184 valence electrons. The number of piperidine rings is 1. The fourth-order valence-corrected chi connectivity index (χ4v) is 4.47. The molecule has 0 spiro atoms. The van der Waals surface area contributed by atoms with Gasteiger partial charge < -0.3 is 19.9 Å². The molecule has 0 saturated carbocycles. The molecule has 7 heteroatoms. The number of benzene rings is 1. The first-order valence-electron chi connectivity index (χ1n) is 12.5. The molecule has 0 aliphatic carbocycles. The third-order valence-electron chi connectivity index (χ3n) is 6.57. The number of rotatable bonds is 7. The van der Waals surface area contributed by atoms with Crippen molar-refractivity contribution in [2.75, 3.05) is 45.8 Å². The first-order chi connectivity index (χ1) is 15.7. The fourth-order valence-electron chi connectivity index (χ4n) is 4.47. The van der Waals surface area contributed by atoms with Crippen LogP contribution in [0.2, 0.25) is 0 Å². The summed E-state index contributed by atoms with van der Waals surface area (Å²) in [5.41, 5.74) is 1.98. The second-order valence-electron chi connectivity index (χ2n) is 10.4. The highest BCUT2D eigenvalue weighted by atomic mass is 16.6. The van der Waals surface area contributed by atoms with Crippen molar-refractivity contribution in [1.29, 1.82) is 0 Å². The molecule has 0 aromatic heterocycles. The van der Waals surface area contributed by atoms with Crippen LogP contribution in [-0.2, 0) is 22.6 Å². The predicted molar refractivity (Wildman–Crippen MR) is 131 cm³/mol. The molecule has 0 unspecified atom stereocenters. The third-order valence-corrected chi connectivity index (χ3v) is 6.57. The van der Waals surface area contributed by atoms with Gasteiger partial charge in [-0.05, 0) is 57.2 Å². The van der Waals surface area contributed by atoms with Gasteiger partial charge in [-0.15, -0.1) is 0 Å². The van der Waals surface area contributed by atoms with Crippen molar-refractivity contribution in [2.24, 2.45) is 5.92 Å². The normalized spacial score (nSPS) is 18.8. The van der Waals surface area contributed by atoms with E-state index in [1.165, 1.54) is 5.56 Å². The number of piperazine rings is 1. The zero-order valence-corrected chi connectivity index (χ0v) is 20.9. The quantitative estimate of drug-likeness (QED) is 0.678. The molecule has 2 aliphatic rings. The molecule has 2 fully saturated rings. The van der Waals surface area contributed by atoms with E-state index in [0.29, 0.717) is 32.0 Å². The summed E-state index contributed by atoms with van der Waals surface area (Å²) >= 11 is 0. The van der Waals surface area contributed by atoms with Gasteiger partial charge in [0.15, 0.2) is 0 Å². The van der Waals surface area contributed by atoms with E-state index in [-0.39, 0.29) is 12.0 Å². The third kappa shape index (κ3) is 8.63. The highest BCUT2D eigenvalue weighted by Gasteiger charge is 2.27. The van der Waals surface area contributed by atoms with Crippen LogP contribution < -0.4 is 5.32 Å². The molecule has 2 aliphatic heterocycles. The molecule has 0 atom stereocenters. The number of hydrogen-bond acceptors (Lipinski definition) is 5. The maximum absolute atomic E-state index is 12.4. The second-order valence-corrected chi connectivity index (χ2v) is 10.4. The van der Waals surface area contributed by atoms with Gasteiger partial charge in [-0.2, -0.15) is 0 Å². The van der Waals surface area contributed by atoms with Crippen molar-refractivity contribution in [1.82, 2.24) is 20.0 Å². The molecule has 1 aromatic rings. The summed E-state index contributed by atoms with van der Waals surface area (Å²) in [6, 6.07) is 8.61. The SMILES string of the molecule is CCN1CCN(Cc2ccc(CNC(=O)CC3CCN(C(=O)OC(C)(C)C)CC3)cc2)CC1. The standard InChI is InChI=1S/C26H42N4O3/c1-5-28-14-16-29(17-15-28)20-23-8-6-22(7-9-23)19-27-24(31)18-21-10-12-30(13-11-21)25(32)33-26(2,3)4/h6-9,21H,5,10-20H2,1-4H3,(H,27,31). The van der Waals surface area contributed by atoms with Crippen LogP contribution in [0.3, 0.4) is 0 Å². The van der Waals surface area contributed by atoms with Gasteiger partial charge in [-0.1, -0.05) is 31.2 Å². The highest BCUT2D eigenvalue weighted by molar-refractivity contribution is 5.76. The van der Waals surface area contributed by atoms with E-state index in [9.17, 15) is 9.59 Å². The Morgan fingerprint density at radius 2 is 1.52 bits per heavy atom. The molecular formula is C26H42N4O3. The zero-order chi connectivity index (χ0) is 23.8. The van der Waals surface area contributed by atoms with Crippen molar-refractivity contribution in [3.63, 3.8) is 0 Å². The molecule has 2 heterocycles. The Bertz CT molecular complexity index is 759. The number of nitrogens with one attached hydrogen (secondary N) is 1. The Balaban J connectivity index is 1.33. The molecule has 0 bridgehead atoms. The minimum Gasteiger partial charge on any atom is -0.444 e. The smallest absolute Gasteiger partial charge is 0.410 e. The number of nitrogens with zero attached hydrogens (tertiary/aromatic N) is 3. The monoisotopic (exact) mass is 458 g/mol. The minimum atomic E-state index is -0.476. The van der Waals surface area contributed by atoms with Crippen molar-refractivity contribution < 1.29 is 14.3 Å². The topological polar surface area (TPSA) is 65.1 Å². The van der Waals surface area contributed by atoms with Crippen molar-refractivity contribution in [2.45, 2.75) is 65.6 Å². The molecule has 7 nitrogen and oxygen atoms in total. The predicted octanol–water partition coefficient (Wildman–Crippen LogP) is 3.48. The number of likely N-dealkylation sites (N-methyl/N-ethyl adjacent to an activating group) is 1. The zero-order valence-electron chi connectivity index (χ0n) is 20.9. The number of hydrogen-bond donors (Lipinski definition) is 1. The summed E-state index contributed by atoms with van der Waals surface area (Å²) in [6.45, 7) is 16.4. The van der Waals surface area contributed by atoms with Crippen molar-refractivity contribution >= 4 is 12.0 Å². The van der Waals surface area contributed by atoms with E-state index in [0.717, 1.165) is 57.7 Å². The van der Waals surface area contributed by atoms with Gasteiger partial charge in [0.1, 0.15) is 5.60 Å². The van der Waals surface area contributed by atoms with Crippen LogP contribution in [0, 0.1) is 5.92 Å². The molecule has 33 heavy (non-hydrogen) atoms. The molecule has 2 saturated heterocycles. The van der Waals surface area contributed by atoms with Crippen molar-refractivity contribution in [3.8, 4) is 0 Å². The largest absolute Gasteiger partial charge is 0.444 e. The maximum Gasteiger partial charge on any atom is 0.410 e. The average molecular weight is 459 g/mol. The van der Waals surface area contributed by atoms with E-state index in [1.54, 1.807) is 4.90 Å². The van der Waals surface area contributed by atoms with Gasteiger partial charge in [-0.3, -0.25) is 9.69 Å². The van der Waals surface area contributed by atoms with Crippen LogP contribution in [0.25, 0.3) is 0 Å². The van der Waals surface area contributed by atoms with E-state index in [1.807, 2.05) is 20.8 Å². The van der Waals surface area contributed by atoms with Gasteiger partial charge >= 0.3 is 6.09 Å². The van der Waals surface area contributed by atoms with Gasteiger partial charge in [0.25, 0.3) is 0 Å². The van der Waals surface area contributed by atoms with Crippen LogP contribution in [-0.4, -0.2) is 78.1 Å². The molecule has 2 amide bonds. The van der Waals surface area contributed by atoms with Gasteiger partial charge in [-0.25, -0.2) is 4.79 Å². The first kappa shape index (κ1) is 25.5. The molecule has 1 aromatic carbocycles. The number of likely N-dealkylation sites (tertiary alicyclic amines) is 1. The Morgan fingerprint density at radius 1 is 0.939 bits per heavy atom. The van der Waals surface area contributed by atoms with Crippen LogP contribution in [0.1, 0.15) is 58.1 Å². The summed E-state index contributed by atoms with van der Waals surface area (Å²) in [4.78, 5) is 31.4. The lowest BCUT2D eigenvalue weighted by atomic mass is 9.93. The summed E-state index contributed by atoms with van der Waals surface area (Å²) in [6.07, 6.45) is 1.95. The Morgan fingerprint density at radius 3 is 2.09 bits per heavy atom. The van der Waals surface area contributed by atoms with Gasteiger partial charge in [0, 0.05) is 58.8 Å². The maximum atomic E-state index is 12.4. The van der Waals surface area contributed by atoms with E-state index in [2.05, 4.69) is 46.3 Å². The number of amides is 2. The number of ether oxygens (including phenoxy) is 1. The summed E-state index contributed by atoms with van der Waals surface area (Å²) in [5, 5.41) is 3.06. The molecule has 1 N–H and O–H groups in total. The molecule has 0 radical (unpaired) electrons. The van der Waals surface area contributed by atoms with Gasteiger partial charge in [0.2, 0.25) is 5.91 Å². The second kappa shape index (κ2) is 11.8. The van der Waals surface area contributed by atoms with Crippen LogP contribution in [0.15, 0.2) is 24.3 Å². The van der Waals surface area contributed by atoms with E-state index in [4.69, 9.17) is 4.74 Å². The van der Waals surface area contributed by atoms with E-state index < -0.39 is 5.60 Å². The lowest BCUT2D eigenvalue weighted by Crippen LogP contribution is -2.45. The highest BCUT2D eigenvalue weighted by Crippen LogP contribution is 2.22. The molecular weight excluding hydrogens is 416 g/mol. The van der Waals surface area contributed by atoms with Crippen LogP contribution in [0.5, 0.6) is 0 Å². The summed E-state index contributed by atoms with van der Waals surface area (Å²) < 4.78 is 5.44. The lowest BCUT2D eigenvalue weighted by Gasteiger charge is -2.34.